The highest BCUT2D eigenvalue weighted by atomic mass is 19.1. The third kappa shape index (κ3) is 4.13. The smallest absolute Gasteiger partial charge is 0.262 e. The fourth-order valence-corrected chi connectivity index (χ4v) is 5.91. The van der Waals surface area contributed by atoms with Gasteiger partial charge in [0.15, 0.2) is 0 Å². The third-order valence-electron chi connectivity index (χ3n) is 8.41. The van der Waals surface area contributed by atoms with Crippen LogP contribution in [0.4, 0.5) is 15.8 Å². The van der Waals surface area contributed by atoms with Crippen LogP contribution >= 0.6 is 0 Å². The highest BCUT2D eigenvalue weighted by molar-refractivity contribution is 6.23. The van der Waals surface area contributed by atoms with E-state index in [0.29, 0.717) is 13.1 Å². The molecule has 2 aromatic rings. The van der Waals surface area contributed by atoms with Crippen LogP contribution in [-0.4, -0.2) is 60.7 Å². The minimum atomic E-state index is -1.08. The number of carbonyl (C=O) groups is 4. The van der Waals surface area contributed by atoms with Crippen molar-refractivity contribution >= 4 is 35.0 Å². The van der Waals surface area contributed by atoms with Crippen molar-refractivity contribution in [2.75, 3.05) is 36.0 Å². The van der Waals surface area contributed by atoms with Crippen LogP contribution in [0.2, 0.25) is 0 Å². The molecule has 1 atom stereocenters. The SMILES string of the molecule is CCN(CC1CN(c2cc3c(cc2F)C(=O)N(C2CCC(=O)NC2=O)C3=O)C1)c1ccc(C2(C#N)CC2)cc1. The lowest BCUT2D eigenvalue weighted by atomic mass is 9.95. The molecular weight excluding hydrogens is 501 g/mol. The van der Waals surface area contributed by atoms with Crippen LogP contribution in [0.3, 0.4) is 0 Å². The van der Waals surface area contributed by atoms with E-state index in [1.807, 2.05) is 17.0 Å². The lowest BCUT2D eigenvalue weighted by Gasteiger charge is -2.43. The summed E-state index contributed by atoms with van der Waals surface area (Å²) in [6, 6.07) is 12.0. The van der Waals surface area contributed by atoms with E-state index < -0.39 is 35.5 Å². The number of amides is 4. The summed E-state index contributed by atoms with van der Waals surface area (Å²) >= 11 is 0. The highest BCUT2D eigenvalue weighted by Gasteiger charge is 2.46. The molecule has 2 aromatic carbocycles. The number of fused-ring (bicyclic) bond motifs is 1. The molecule has 0 spiro atoms. The van der Waals surface area contributed by atoms with Gasteiger partial charge in [-0.2, -0.15) is 5.26 Å². The Labute approximate surface area is 225 Å². The van der Waals surface area contributed by atoms with Crippen molar-refractivity contribution in [2.24, 2.45) is 5.92 Å². The number of benzene rings is 2. The number of nitriles is 1. The van der Waals surface area contributed by atoms with Crippen molar-refractivity contribution in [1.29, 1.82) is 5.26 Å². The van der Waals surface area contributed by atoms with Crippen LogP contribution in [0.1, 0.15) is 58.9 Å². The molecule has 1 unspecified atom stereocenters. The van der Waals surface area contributed by atoms with Gasteiger partial charge in [-0.3, -0.25) is 29.4 Å². The van der Waals surface area contributed by atoms with Gasteiger partial charge < -0.3 is 9.80 Å². The Bertz CT molecular complexity index is 1440. The number of hydrogen-bond donors (Lipinski definition) is 1. The zero-order valence-corrected chi connectivity index (χ0v) is 21.6. The molecule has 1 aliphatic carbocycles. The zero-order chi connectivity index (χ0) is 27.5. The molecule has 3 heterocycles. The van der Waals surface area contributed by atoms with E-state index in [1.54, 1.807) is 0 Å². The van der Waals surface area contributed by atoms with Crippen LogP contribution in [0, 0.1) is 23.1 Å². The van der Waals surface area contributed by atoms with Crippen LogP contribution in [0.25, 0.3) is 0 Å². The summed E-state index contributed by atoms with van der Waals surface area (Å²) < 4.78 is 15.1. The normalized spacial score (nSPS) is 21.8. The maximum absolute atomic E-state index is 15.1. The number of nitrogens with one attached hydrogen (secondary N) is 1. The third-order valence-corrected chi connectivity index (χ3v) is 8.41. The number of piperidine rings is 1. The quantitative estimate of drug-likeness (QED) is 0.549. The Morgan fingerprint density at radius 3 is 2.33 bits per heavy atom. The van der Waals surface area contributed by atoms with Crippen LogP contribution in [0.15, 0.2) is 36.4 Å². The molecule has 9 nitrogen and oxygen atoms in total. The van der Waals surface area contributed by atoms with Crippen molar-refractivity contribution in [3.63, 3.8) is 0 Å². The van der Waals surface area contributed by atoms with Crippen molar-refractivity contribution in [2.45, 2.75) is 44.1 Å². The zero-order valence-electron chi connectivity index (χ0n) is 21.6. The van der Waals surface area contributed by atoms with Crippen LogP contribution in [-0.2, 0) is 15.0 Å². The molecule has 0 radical (unpaired) electrons. The average molecular weight is 530 g/mol. The highest BCUT2D eigenvalue weighted by Crippen LogP contribution is 2.47. The van der Waals surface area contributed by atoms with Crippen molar-refractivity contribution < 1.29 is 23.6 Å². The van der Waals surface area contributed by atoms with E-state index in [0.717, 1.165) is 48.1 Å². The first-order valence-electron chi connectivity index (χ1n) is 13.3. The molecule has 3 fully saturated rings. The lowest BCUT2D eigenvalue weighted by Crippen LogP contribution is -2.54. The fourth-order valence-electron chi connectivity index (χ4n) is 5.91. The van der Waals surface area contributed by atoms with Gasteiger partial charge in [-0.05, 0) is 56.0 Å². The summed E-state index contributed by atoms with van der Waals surface area (Å²) in [4.78, 5) is 54.8. The predicted octanol–water partition coefficient (Wildman–Crippen LogP) is 2.74. The fraction of sp³-hybridized carbons (Fsp3) is 0.414. The Morgan fingerprint density at radius 1 is 1.08 bits per heavy atom. The number of carbonyl (C=O) groups excluding carboxylic acids is 4. The van der Waals surface area contributed by atoms with Gasteiger partial charge in [-0.25, -0.2) is 4.39 Å². The number of halogens is 1. The number of anilines is 2. The molecule has 10 heteroatoms. The summed E-state index contributed by atoms with van der Waals surface area (Å²) in [6.07, 6.45) is 1.89. The molecule has 6 rings (SSSR count). The minimum absolute atomic E-state index is 0.0259. The van der Waals surface area contributed by atoms with Crippen LogP contribution in [0.5, 0.6) is 0 Å². The predicted molar refractivity (Wildman–Crippen MR) is 140 cm³/mol. The van der Waals surface area contributed by atoms with Gasteiger partial charge >= 0.3 is 0 Å². The maximum atomic E-state index is 15.1. The largest absolute Gasteiger partial charge is 0.371 e. The summed E-state index contributed by atoms with van der Waals surface area (Å²) in [5.74, 6) is -2.82. The standard InChI is InChI=1S/C29H28FN5O4/c1-2-33(19-5-3-18(4-6-19)29(16-31)9-10-29)13-17-14-34(15-17)24-12-21-20(11-22(24)30)27(38)35(28(21)39)23-7-8-25(36)32-26(23)37/h3-6,11-12,17,23H,2,7-10,13-15H2,1H3,(H,32,36,37). The van der Waals surface area contributed by atoms with Gasteiger partial charge in [0.05, 0.1) is 28.3 Å². The van der Waals surface area contributed by atoms with Gasteiger partial charge in [0.2, 0.25) is 11.8 Å². The first-order valence-corrected chi connectivity index (χ1v) is 13.3. The van der Waals surface area contributed by atoms with Crippen molar-refractivity contribution in [3.05, 3.63) is 58.9 Å². The minimum Gasteiger partial charge on any atom is -0.371 e. The van der Waals surface area contributed by atoms with Gasteiger partial charge in [-0.1, -0.05) is 12.1 Å². The Morgan fingerprint density at radius 2 is 1.74 bits per heavy atom. The van der Waals surface area contributed by atoms with E-state index in [1.165, 1.54) is 6.07 Å². The number of nitrogens with zero attached hydrogens (tertiary/aromatic N) is 4. The summed E-state index contributed by atoms with van der Waals surface area (Å²) in [5, 5.41) is 11.6. The monoisotopic (exact) mass is 529 g/mol. The molecule has 1 saturated carbocycles. The molecule has 200 valence electrons. The molecule has 4 amide bonds. The molecule has 4 aliphatic rings. The van der Waals surface area contributed by atoms with E-state index in [2.05, 4.69) is 35.3 Å². The molecule has 2 saturated heterocycles. The first kappa shape index (κ1) is 25.0. The van der Waals surface area contributed by atoms with E-state index in [9.17, 15) is 24.4 Å². The molecule has 0 aromatic heterocycles. The number of rotatable bonds is 7. The first-order chi connectivity index (χ1) is 18.7. The summed E-state index contributed by atoms with van der Waals surface area (Å²) in [6.45, 7) is 4.86. The second kappa shape index (κ2) is 9.19. The van der Waals surface area contributed by atoms with Crippen molar-refractivity contribution in [1.82, 2.24) is 10.2 Å². The second-order valence-electron chi connectivity index (χ2n) is 10.8. The van der Waals surface area contributed by atoms with Gasteiger partial charge in [0.1, 0.15) is 11.9 Å². The summed E-state index contributed by atoms with van der Waals surface area (Å²) in [5.41, 5.74) is 2.11. The molecular formula is C29H28FN5O4. The lowest BCUT2D eigenvalue weighted by molar-refractivity contribution is -0.136. The average Bonchev–Trinajstić information content (AvgIpc) is 3.67. The Kier molecular flexibility index (Phi) is 5.90. The van der Waals surface area contributed by atoms with Crippen molar-refractivity contribution in [3.8, 4) is 6.07 Å². The van der Waals surface area contributed by atoms with Gasteiger partial charge in [-0.15, -0.1) is 0 Å². The molecule has 39 heavy (non-hydrogen) atoms. The number of imide groups is 2. The van der Waals surface area contributed by atoms with E-state index >= 15 is 4.39 Å². The summed E-state index contributed by atoms with van der Waals surface area (Å²) in [7, 11) is 0. The second-order valence-corrected chi connectivity index (χ2v) is 10.8. The molecule has 0 bridgehead atoms. The maximum Gasteiger partial charge on any atom is 0.262 e. The van der Waals surface area contributed by atoms with E-state index in [-0.39, 0.29) is 41.0 Å². The van der Waals surface area contributed by atoms with Gasteiger partial charge in [0.25, 0.3) is 11.8 Å². The Balaban J connectivity index is 1.12. The van der Waals surface area contributed by atoms with E-state index in [4.69, 9.17) is 0 Å². The van der Waals surface area contributed by atoms with Crippen LogP contribution < -0.4 is 15.1 Å². The Hall–Kier alpha value is -4.26. The number of hydrogen-bond acceptors (Lipinski definition) is 7. The van der Waals surface area contributed by atoms with Gasteiger partial charge in [0, 0.05) is 44.2 Å². The topological polar surface area (TPSA) is 114 Å². The molecule has 1 N–H and O–H groups in total. The molecule has 3 aliphatic heterocycles.